The van der Waals surface area contributed by atoms with Gasteiger partial charge in [-0.3, -0.25) is 4.79 Å². The Hall–Kier alpha value is -2.30. The van der Waals surface area contributed by atoms with Crippen LogP contribution < -0.4 is 11.1 Å². The van der Waals surface area contributed by atoms with Gasteiger partial charge >= 0.3 is 0 Å². The van der Waals surface area contributed by atoms with E-state index in [1.54, 1.807) is 25.2 Å². The van der Waals surface area contributed by atoms with Crippen molar-refractivity contribution in [1.82, 2.24) is 5.32 Å². The molecule has 3 N–H and O–H groups in total. The quantitative estimate of drug-likeness (QED) is 0.456. The summed E-state index contributed by atoms with van der Waals surface area (Å²) in [6.07, 6.45) is 0. The van der Waals surface area contributed by atoms with Gasteiger partial charge in [-0.05, 0) is 29.8 Å². The monoisotopic (exact) mass is 402 g/mol. The molecule has 0 saturated heterocycles. The van der Waals surface area contributed by atoms with Crippen molar-refractivity contribution in [2.45, 2.75) is 5.75 Å². The van der Waals surface area contributed by atoms with E-state index in [9.17, 15) is 4.79 Å². The van der Waals surface area contributed by atoms with E-state index < -0.39 is 0 Å². The van der Waals surface area contributed by atoms with Gasteiger partial charge in [0.25, 0.3) is 5.91 Å². The third-order valence-corrected chi connectivity index (χ3v) is 4.50. The largest absolute Gasteiger partial charge is 0.378 e. The van der Waals surface area contributed by atoms with E-state index in [2.05, 4.69) is 31.1 Å². The van der Waals surface area contributed by atoms with Gasteiger partial charge in [0.05, 0.1) is 12.3 Å². The van der Waals surface area contributed by atoms with Gasteiger partial charge in [0.2, 0.25) is 0 Å². The molecule has 0 atom stereocenters. The molecule has 122 valence electrons. The number of nitrogens with zero attached hydrogens (tertiary/aromatic N) is 2. The summed E-state index contributed by atoms with van der Waals surface area (Å²) in [5.41, 5.74) is 8.49. The molecule has 0 aromatic heterocycles. The molecule has 0 aliphatic rings. The lowest BCUT2D eigenvalue weighted by molar-refractivity contribution is 0.0962. The van der Waals surface area contributed by atoms with Gasteiger partial charge < -0.3 is 11.1 Å². The van der Waals surface area contributed by atoms with Crippen molar-refractivity contribution in [1.29, 1.82) is 0 Å². The van der Waals surface area contributed by atoms with Crippen molar-refractivity contribution in [3.05, 3.63) is 69.5 Å². The molecule has 0 aliphatic carbocycles. The summed E-state index contributed by atoms with van der Waals surface area (Å²) in [4.78, 5) is 19.7. The Kier molecular flexibility index (Phi) is 6.41. The normalized spacial score (nSPS) is 11.0. The molecule has 5 nitrogen and oxygen atoms in total. The predicted molar refractivity (Wildman–Crippen MR) is 103 cm³/mol. The van der Waals surface area contributed by atoms with Crippen LogP contribution in [0, 0.1) is 6.57 Å². The first-order valence-corrected chi connectivity index (χ1v) is 8.76. The highest BCUT2D eigenvalue weighted by Crippen LogP contribution is 2.24. The second-order valence-corrected chi connectivity index (χ2v) is 6.66. The Labute approximate surface area is 153 Å². The number of benzene rings is 2. The molecule has 1 amide bonds. The summed E-state index contributed by atoms with van der Waals surface area (Å²) >= 11 is 4.69. The molecule has 0 heterocycles. The first-order chi connectivity index (χ1) is 11.5. The van der Waals surface area contributed by atoms with Gasteiger partial charge in [0.1, 0.15) is 0 Å². The maximum atomic E-state index is 11.9. The van der Waals surface area contributed by atoms with E-state index in [0.717, 1.165) is 15.7 Å². The lowest BCUT2D eigenvalue weighted by Gasteiger charge is -2.09. The molecule has 24 heavy (non-hydrogen) atoms. The molecule has 0 fully saturated rings. The maximum Gasteiger partial charge on any atom is 0.251 e. The van der Waals surface area contributed by atoms with Crippen molar-refractivity contribution in [2.75, 3.05) is 7.05 Å². The highest BCUT2D eigenvalue weighted by molar-refractivity contribution is 9.10. The number of hydrogen-bond acceptors (Lipinski definition) is 3. The minimum atomic E-state index is -0.189. The number of thioether (sulfide) groups is 1. The van der Waals surface area contributed by atoms with Crippen molar-refractivity contribution in [3.8, 4) is 0 Å². The van der Waals surface area contributed by atoms with Crippen LogP contribution >= 0.6 is 27.7 Å². The van der Waals surface area contributed by atoms with E-state index in [4.69, 9.17) is 12.3 Å². The molecule has 7 heteroatoms. The smallest absolute Gasteiger partial charge is 0.251 e. The standard InChI is InChI=1S/C17H15BrN4OS/c1-20-14-7-8-15(16(23)21-2)11(9-14)10-24-17(19)22-13-5-3-12(18)4-6-13/h3-9H,10H2,2H3,(H2,19,22)(H,21,23). The van der Waals surface area contributed by atoms with E-state index in [-0.39, 0.29) is 5.91 Å². The third kappa shape index (κ3) is 4.85. The molecule has 0 unspecified atom stereocenters. The number of carbonyl (C=O) groups excluding carboxylic acids is 1. The Morgan fingerprint density at radius 1 is 1.33 bits per heavy atom. The zero-order valence-corrected chi connectivity index (χ0v) is 15.3. The first-order valence-electron chi connectivity index (χ1n) is 6.98. The number of hydrogen-bond donors (Lipinski definition) is 2. The van der Waals surface area contributed by atoms with Crippen LogP contribution in [0.25, 0.3) is 4.85 Å². The van der Waals surface area contributed by atoms with Crippen molar-refractivity contribution in [3.63, 3.8) is 0 Å². The fraction of sp³-hybridized carbons (Fsp3) is 0.118. The number of nitrogens with one attached hydrogen (secondary N) is 1. The van der Waals surface area contributed by atoms with Gasteiger partial charge in [0.15, 0.2) is 10.9 Å². The predicted octanol–water partition coefficient (Wildman–Crippen LogP) is 4.24. The van der Waals surface area contributed by atoms with Gasteiger partial charge in [-0.25, -0.2) is 9.84 Å². The second kappa shape index (κ2) is 8.52. The third-order valence-electron chi connectivity index (χ3n) is 3.13. The van der Waals surface area contributed by atoms with Crippen LogP contribution in [0.2, 0.25) is 0 Å². The SMILES string of the molecule is [C-]#[N+]c1ccc(C(=O)NC)c(CSC(N)=Nc2ccc(Br)cc2)c1. The zero-order valence-electron chi connectivity index (χ0n) is 12.9. The molecule has 0 aliphatic heterocycles. The number of halogens is 1. The lowest BCUT2D eigenvalue weighted by Crippen LogP contribution is -2.19. The van der Waals surface area contributed by atoms with Crippen molar-refractivity contribution in [2.24, 2.45) is 10.7 Å². The molecular formula is C17H15BrN4OS. The lowest BCUT2D eigenvalue weighted by atomic mass is 10.1. The van der Waals surface area contributed by atoms with Crippen LogP contribution in [0.4, 0.5) is 11.4 Å². The molecule has 2 aromatic rings. The Morgan fingerprint density at radius 2 is 2.04 bits per heavy atom. The maximum absolute atomic E-state index is 11.9. The summed E-state index contributed by atoms with van der Waals surface area (Å²) in [6.45, 7) is 7.11. The highest BCUT2D eigenvalue weighted by atomic mass is 79.9. The number of amidine groups is 1. The van der Waals surface area contributed by atoms with Crippen LogP contribution in [0.15, 0.2) is 51.9 Å². The average Bonchev–Trinajstić information content (AvgIpc) is 2.61. The molecule has 2 aromatic carbocycles. The van der Waals surface area contributed by atoms with Crippen LogP contribution in [0.5, 0.6) is 0 Å². The Morgan fingerprint density at radius 3 is 2.67 bits per heavy atom. The van der Waals surface area contributed by atoms with Crippen LogP contribution in [0.1, 0.15) is 15.9 Å². The van der Waals surface area contributed by atoms with Crippen LogP contribution in [-0.2, 0) is 5.75 Å². The number of amides is 1. The summed E-state index contributed by atoms with van der Waals surface area (Å²) in [5.74, 6) is 0.267. The van der Waals surface area contributed by atoms with Crippen molar-refractivity contribution < 1.29 is 4.79 Å². The number of aliphatic imine (C=N–C) groups is 1. The average molecular weight is 403 g/mol. The van der Waals surface area contributed by atoms with Crippen LogP contribution in [-0.4, -0.2) is 18.1 Å². The number of nitrogens with two attached hydrogens (primary N) is 1. The number of carbonyl (C=O) groups is 1. The van der Waals surface area contributed by atoms with E-state index in [1.165, 1.54) is 11.8 Å². The fourth-order valence-corrected chi connectivity index (χ4v) is 2.93. The Bertz CT molecular complexity index is 812. The molecule has 2 rings (SSSR count). The number of rotatable bonds is 4. The first kappa shape index (κ1) is 18.0. The molecule has 0 radical (unpaired) electrons. The molecular weight excluding hydrogens is 388 g/mol. The van der Waals surface area contributed by atoms with Crippen LogP contribution in [0.3, 0.4) is 0 Å². The topological polar surface area (TPSA) is 71.8 Å². The van der Waals surface area contributed by atoms with E-state index >= 15 is 0 Å². The summed E-state index contributed by atoms with van der Waals surface area (Å²) < 4.78 is 0.971. The van der Waals surface area contributed by atoms with E-state index in [1.807, 2.05) is 24.3 Å². The van der Waals surface area contributed by atoms with Gasteiger partial charge in [-0.1, -0.05) is 45.9 Å². The molecule has 0 bridgehead atoms. The van der Waals surface area contributed by atoms with Crippen molar-refractivity contribution >= 4 is 50.1 Å². The molecule has 0 saturated carbocycles. The zero-order chi connectivity index (χ0) is 17.5. The minimum absolute atomic E-state index is 0.189. The van der Waals surface area contributed by atoms with Gasteiger partial charge in [-0.2, -0.15) is 0 Å². The highest BCUT2D eigenvalue weighted by Gasteiger charge is 2.11. The van der Waals surface area contributed by atoms with Gasteiger partial charge in [0, 0.05) is 22.8 Å². The second-order valence-electron chi connectivity index (χ2n) is 4.75. The molecule has 0 spiro atoms. The summed E-state index contributed by atoms with van der Waals surface area (Å²) in [6, 6.07) is 12.5. The minimum Gasteiger partial charge on any atom is -0.378 e. The van der Waals surface area contributed by atoms with E-state index in [0.29, 0.717) is 22.2 Å². The summed E-state index contributed by atoms with van der Waals surface area (Å²) in [5, 5.41) is 3.00. The Balaban J connectivity index is 2.16. The van der Waals surface area contributed by atoms with Gasteiger partial charge in [-0.15, -0.1) is 0 Å². The summed E-state index contributed by atoms with van der Waals surface area (Å²) in [7, 11) is 1.57. The fourth-order valence-electron chi connectivity index (χ4n) is 1.95.